The number of hydrogen-bond acceptors (Lipinski definition) is 3. The van der Waals surface area contributed by atoms with Crippen molar-refractivity contribution < 1.29 is 9.47 Å². The van der Waals surface area contributed by atoms with Gasteiger partial charge < -0.3 is 28.1 Å². The highest BCUT2D eigenvalue weighted by atomic mass is 28.3. The van der Waals surface area contributed by atoms with Gasteiger partial charge in [0.1, 0.15) is 23.0 Å². The van der Waals surface area contributed by atoms with Crippen LogP contribution in [-0.4, -0.2) is 21.8 Å². The molecule has 0 radical (unpaired) electrons. The lowest BCUT2D eigenvalue weighted by molar-refractivity contribution is 0.462. The summed E-state index contributed by atoms with van der Waals surface area (Å²) < 4.78 is 22.3. The molecule has 0 unspecified atom stereocenters. The van der Waals surface area contributed by atoms with Gasteiger partial charge >= 0.3 is 0 Å². The largest absolute Gasteiger partial charge is 0.457 e. The summed E-state index contributed by atoms with van der Waals surface area (Å²) in [6.07, 6.45) is 0. The Labute approximate surface area is 397 Å². The molecule has 6 heterocycles. The van der Waals surface area contributed by atoms with Gasteiger partial charge in [-0.05, 0) is 67.6 Å². The number of aryl methyl sites for hydroxylation is 1. The van der Waals surface area contributed by atoms with E-state index in [4.69, 9.17) is 9.47 Å². The van der Waals surface area contributed by atoms with E-state index in [0.717, 1.165) is 90.2 Å². The molecule has 0 N–H and O–H groups in total. The second kappa shape index (κ2) is 13.2. The molecular weight excluding hydrogens is 861 g/mol. The minimum absolute atomic E-state index is 0.850. The molecule has 0 spiro atoms. The number of para-hydroxylation sites is 6. The van der Waals surface area contributed by atoms with Crippen LogP contribution in [0.3, 0.4) is 0 Å². The summed E-state index contributed by atoms with van der Waals surface area (Å²) in [6, 6.07) is 75.5. The molecular formula is C62H40N4O2Si. The third kappa shape index (κ3) is 4.79. The van der Waals surface area contributed by atoms with E-state index in [9.17, 15) is 0 Å². The van der Waals surface area contributed by atoms with Crippen LogP contribution in [0.2, 0.25) is 6.55 Å². The molecule has 0 atom stereocenters. The number of benzene rings is 10. The molecule has 3 aliphatic rings. The molecule has 0 fully saturated rings. The molecule has 0 saturated heterocycles. The molecule has 13 aromatic rings. The zero-order valence-corrected chi connectivity index (χ0v) is 38.7. The van der Waals surface area contributed by atoms with Crippen molar-refractivity contribution in [3.05, 3.63) is 212 Å². The molecule has 6 nitrogen and oxygen atoms in total. The van der Waals surface area contributed by atoms with Gasteiger partial charge in [0.15, 0.2) is 8.07 Å². The molecule has 0 amide bonds. The van der Waals surface area contributed by atoms with E-state index in [1.165, 1.54) is 53.4 Å². The fourth-order valence-electron chi connectivity index (χ4n) is 12.6. The molecule has 0 aliphatic carbocycles. The predicted molar refractivity (Wildman–Crippen MR) is 286 cm³/mol. The van der Waals surface area contributed by atoms with Gasteiger partial charge in [-0.2, -0.15) is 0 Å². The van der Waals surface area contributed by atoms with Gasteiger partial charge in [0, 0.05) is 77.8 Å². The van der Waals surface area contributed by atoms with Crippen LogP contribution in [0.5, 0.6) is 23.0 Å². The fourth-order valence-corrected chi connectivity index (χ4v) is 17.2. The highest BCUT2D eigenvalue weighted by Gasteiger charge is 2.55. The van der Waals surface area contributed by atoms with Gasteiger partial charge in [-0.15, -0.1) is 0 Å². The van der Waals surface area contributed by atoms with Gasteiger partial charge in [0.2, 0.25) is 0 Å². The van der Waals surface area contributed by atoms with E-state index in [1.54, 1.807) is 0 Å². The molecule has 3 aliphatic heterocycles. The van der Waals surface area contributed by atoms with Gasteiger partial charge in [-0.25, -0.2) is 0 Å². The molecule has 3 aromatic heterocycles. The number of anilines is 3. The summed E-state index contributed by atoms with van der Waals surface area (Å²) in [5.74, 6) is 3.48. The van der Waals surface area contributed by atoms with Crippen molar-refractivity contribution in [2.45, 2.75) is 13.5 Å². The second-order valence-electron chi connectivity index (χ2n) is 19.1. The van der Waals surface area contributed by atoms with Crippen LogP contribution in [0.1, 0.15) is 5.56 Å². The second-order valence-corrected chi connectivity index (χ2v) is 22.9. The van der Waals surface area contributed by atoms with Crippen LogP contribution in [0.15, 0.2) is 206 Å². The number of fused-ring (bicyclic) bond motifs is 9. The zero-order chi connectivity index (χ0) is 45.3. The number of ether oxygens (including phenoxy) is 2. The third-order valence-electron chi connectivity index (χ3n) is 15.4. The molecule has 10 aromatic carbocycles. The van der Waals surface area contributed by atoms with E-state index < -0.39 is 8.07 Å². The first-order chi connectivity index (χ1) is 34.0. The molecule has 69 heavy (non-hydrogen) atoms. The topological polar surface area (TPSA) is 36.5 Å². The summed E-state index contributed by atoms with van der Waals surface area (Å²) in [7, 11) is -2.96. The summed E-state index contributed by atoms with van der Waals surface area (Å²) >= 11 is 0. The lowest BCUT2D eigenvalue weighted by Crippen LogP contribution is -2.71. The van der Waals surface area contributed by atoms with E-state index in [2.05, 4.69) is 238 Å². The van der Waals surface area contributed by atoms with Crippen molar-refractivity contribution in [1.82, 2.24) is 13.7 Å². The Bertz CT molecular complexity index is 4070. The molecule has 7 heteroatoms. The smallest absolute Gasteiger partial charge is 0.170 e. The molecule has 16 rings (SSSR count). The summed E-state index contributed by atoms with van der Waals surface area (Å²) in [6.45, 7) is 4.70. The maximum Gasteiger partial charge on any atom is 0.170 e. The number of aromatic nitrogens is 3. The predicted octanol–water partition coefficient (Wildman–Crippen LogP) is 14.4. The van der Waals surface area contributed by atoms with Crippen LogP contribution >= 0.6 is 0 Å². The Kier molecular flexibility index (Phi) is 7.15. The van der Waals surface area contributed by atoms with Gasteiger partial charge in [0.25, 0.3) is 0 Å². The van der Waals surface area contributed by atoms with Gasteiger partial charge in [0.05, 0.1) is 61.5 Å². The highest BCUT2D eigenvalue weighted by molar-refractivity contribution is 7.14. The Hall–Kier alpha value is -8.78. The minimum Gasteiger partial charge on any atom is -0.457 e. The van der Waals surface area contributed by atoms with Gasteiger partial charge in [-0.3, -0.25) is 0 Å². The standard InChI is InChI=1S/C62H40N4O2Si/c1-37-27-29-38(30-28-37)63-54-31-39(64-48-21-9-3-15-42(48)43-16-4-10-22-49(43)64)33-56-60(54)69(2)61-55(63)32-40(65-50-23-11-5-17-44(50)45-18-6-12-24-51(45)65)34-57(61)68-59-36-41(35-58(67-56)62(59)69)66-52-25-13-7-19-46(52)47-20-8-14-26-53(47)66/h3-36H,1-2H3. The Balaban J connectivity index is 1.05. The van der Waals surface area contributed by atoms with Gasteiger partial charge in [-0.1, -0.05) is 133 Å². The van der Waals surface area contributed by atoms with Crippen LogP contribution in [0.4, 0.5) is 17.1 Å². The maximum atomic E-state index is 7.52. The first-order valence-corrected chi connectivity index (χ1v) is 26.2. The Morgan fingerprint density at radius 1 is 0.319 bits per heavy atom. The van der Waals surface area contributed by atoms with Crippen molar-refractivity contribution in [3.8, 4) is 40.1 Å². The molecule has 324 valence electrons. The van der Waals surface area contributed by atoms with Crippen molar-refractivity contribution in [2.75, 3.05) is 4.90 Å². The van der Waals surface area contributed by atoms with Crippen molar-refractivity contribution in [1.29, 1.82) is 0 Å². The van der Waals surface area contributed by atoms with Crippen LogP contribution < -0.4 is 29.9 Å². The van der Waals surface area contributed by atoms with Crippen LogP contribution in [-0.2, 0) is 0 Å². The summed E-state index contributed by atoms with van der Waals surface area (Å²) in [5.41, 5.74) is 14.5. The third-order valence-corrected chi connectivity index (χ3v) is 19.9. The average Bonchev–Trinajstić information content (AvgIpc) is 4.02. The lowest BCUT2D eigenvalue weighted by atomic mass is 10.1. The number of hydrogen-bond donors (Lipinski definition) is 0. The number of rotatable bonds is 4. The van der Waals surface area contributed by atoms with E-state index in [1.807, 2.05) is 0 Å². The van der Waals surface area contributed by atoms with E-state index in [0.29, 0.717) is 0 Å². The summed E-state index contributed by atoms with van der Waals surface area (Å²) in [5, 5.41) is 11.0. The lowest BCUT2D eigenvalue weighted by Gasteiger charge is -2.49. The first kappa shape index (κ1) is 37.3. The van der Waals surface area contributed by atoms with Crippen LogP contribution in [0.25, 0.3) is 82.5 Å². The highest BCUT2D eigenvalue weighted by Crippen LogP contribution is 2.52. The monoisotopic (exact) mass is 900 g/mol. The first-order valence-electron chi connectivity index (χ1n) is 23.7. The molecule has 0 saturated carbocycles. The Morgan fingerprint density at radius 3 is 0.942 bits per heavy atom. The summed E-state index contributed by atoms with van der Waals surface area (Å²) in [4.78, 5) is 2.50. The normalized spacial score (nSPS) is 14.0. The zero-order valence-electron chi connectivity index (χ0n) is 37.7. The van der Waals surface area contributed by atoms with Crippen molar-refractivity contribution in [3.63, 3.8) is 0 Å². The Morgan fingerprint density at radius 2 is 0.609 bits per heavy atom. The number of nitrogens with zero attached hydrogens (tertiary/aromatic N) is 4. The quantitative estimate of drug-likeness (QED) is 0.165. The average molecular weight is 901 g/mol. The van der Waals surface area contributed by atoms with Crippen molar-refractivity contribution in [2.24, 2.45) is 0 Å². The molecule has 0 bridgehead atoms. The van der Waals surface area contributed by atoms with E-state index >= 15 is 0 Å². The maximum absolute atomic E-state index is 7.52. The van der Waals surface area contributed by atoms with Crippen molar-refractivity contribution >= 4 is 106 Å². The fraction of sp³-hybridized carbons (Fsp3) is 0.0323. The minimum atomic E-state index is -2.96. The SMILES string of the molecule is Cc1ccc(N2c3cc(-n4c5ccccc5c5ccccc54)cc4c3[Si]3(C)c5c(cc(-n6c7ccccc7c7ccccc76)cc5Oc5cc(-n6c7ccccc7c7ccccc76)cc2c53)O4)cc1. The van der Waals surface area contributed by atoms with E-state index in [-0.39, 0.29) is 0 Å². The van der Waals surface area contributed by atoms with Crippen LogP contribution in [0, 0.1) is 6.92 Å².